The molecule has 1 rings (SSSR count). The van der Waals surface area contributed by atoms with Crippen molar-refractivity contribution < 1.29 is 4.79 Å². The summed E-state index contributed by atoms with van der Waals surface area (Å²) in [4.78, 5) is 16.9. The number of rotatable bonds is 5. The molecule has 1 aromatic heterocycles. The van der Waals surface area contributed by atoms with E-state index in [2.05, 4.69) is 30.7 Å². The molecule has 0 amide bonds. The van der Waals surface area contributed by atoms with Crippen LogP contribution in [0.2, 0.25) is 0 Å². The first-order chi connectivity index (χ1) is 7.54. The summed E-state index contributed by atoms with van der Waals surface area (Å²) in [7, 11) is 2.04. The second-order valence-corrected chi connectivity index (χ2v) is 4.66. The molecule has 0 aliphatic carbocycles. The van der Waals surface area contributed by atoms with Gasteiger partial charge in [0.1, 0.15) is 5.82 Å². The number of nitrogens with zero attached hydrogens (tertiary/aromatic N) is 2. The van der Waals surface area contributed by atoms with Gasteiger partial charge in [-0.05, 0) is 31.4 Å². The third-order valence-corrected chi connectivity index (χ3v) is 2.74. The van der Waals surface area contributed by atoms with Gasteiger partial charge in [-0.25, -0.2) is 4.98 Å². The van der Waals surface area contributed by atoms with Crippen LogP contribution in [0.25, 0.3) is 0 Å². The highest BCUT2D eigenvalue weighted by atomic mass is 16.1. The second kappa shape index (κ2) is 5.64. The van der Waals surface area contributed by atoms with E-state index in [0.717, 1.165) is 18.5 Å². The number of hydrogen-bond donors (Lipinski definition) is 0. The molecular formula is C13H20N2O. The molecule has 1 heterocycles. The molecule has 0 saturated heterocycles. The Balaban J connectivity index is 2.71. The summed E-state index contributed by atoms with van der Waals surface area (Å²) in [6.45, 7) is 6.62. The average Bonchev–Trinajstić information content (AvgIpc) is 2.27. The van der Waals surface area contributed by atoms with Crippen LogP contribution < -0.4 is 4.90 Å². The van der Waals surface area contributed by atoms with Crippen LogP contribution in [0.5, 0.6) is 0 Å². The Hall–Kier alpha value is -1.38. The maximum absolute atomic E-state index is 10.5. The van der Waals surface area contributed by atoms with Crippen molar-refractivity contribution in [2.45, 2.75) is 33.2 Å². The van der Waals surface area contributed by atoms with Crippen LogP contribution in [0, 0.1) is 5.92 Å². The minimum Gasteiger partial charge on any atom is -0.357 e. The molecule has 3 nitrogen and oxygen atoms in total. The van der Waals surface area contributed by atoms with Gasteiger partial charge in [0, 0.05) is 24.8 Å². The molecule has 0 aliphatic heterocycles. The minimum absolute atomic E-state index is 0.453. The van der Waals surface area contributed by atoms with Gasteiger partial charge in [0.25, 0.3) is 0 Å². The molecule has 16 heavy (non-hydrogen) atoms. The predicted octanol–water partition coefficient (Wildman–Crippen LogP) is 2.76. The standard InChI is InChI=1S/C13H20N2O/c1-10(2)7-11(3)15(4)13-6-5-12(9-16)8-14-13/h5-6,8-11H,7H2,1-4H3. The van der Waals surface area contributed by atoms with Crippen molar-refractivity contribution in [3.8, 4) is 0 Å². The van der Waals surface area contributed by atoms with Crippen molar-refractivity contribution >= 4 is 12.1 Å². The Kier molecular flexibility index (Phi) is 4.47. The van der Waals surface area contributed by atoms with E-state index in [1.807, 2.05) is 13.1 Å². The lowest BCUT2D eigenvalue weighted by molar-refractivity contribution is 0.112. The SMILES string of the molecule is CC(C)CC(C)N(C)c1ccc(C=O)cn1. The molecule has 0 fully saturated rings. The molecule has 1 unspecified atom stereocenters. The fourth-order valence-electron chi connectivity index (χ4n) is 1.74. The molecule has 0 saturated carbocycles. The maximum Gasteiger partial charge on any atom is 0.151 e. The molecule has 0 aromatic carbocycles. The van der Waals surface area contributed by atoms with E-state index in [1.165, 1.54) is 0 Å². The van der Waals surface area contributed by atoms with Gasteiger partial charge in [-0.3, -0.25) is 4.79 Å². The van der Waals surface area contributed by atoms with E-state index >= 15 is 0 Å². The average molecular weight is 220 g/mol. The normalized spacial score (nSPS) is 12.6. The molecule has 0 spiro atoms. The fourth-order valence-corrected chi connectivity index (χ4v) is 1.74. The number of aldehydes is 1. The van der Waals surface area contributed by atoms with Crippen molar-refractivity contribution in [2.75, 3.05) is 11.9 Å². The fraction of sp³-hybridized carbons (Fsp3) is 0.538. The number of carbonyl (C=O) groups excluding carboxylic acids is 1. The van der Waals surface area contributed by atoms with Gasteiger partial charge in [0.05, 0.1) is 0 Å². The Morgan fingerprint density at radius 1 is 1.38 bits per heavy atom. The number of carbonyl (C=O) groups is 1. The zero-order valence-electron chi connectivity index (χ0n) is 10.5. The molecule has 0 N–H and O–H groups in total. The summed E-state index contributed by atoms with van der Waals surface area (Å²) in [6, 6.07) is 4.14. The van der Waals surface area contributed by atoms with Crippen molar-refractivity contribution in [1.29, 1.82) is 0 Å². The van der Waals surface area contributed by atoms with Gasteiger partial charge in [-0.1, -0.05) is 13.8 Å². The van der Waals surface area contributed by atoms with Crippen molar-refractivity contribution in [3.63, 3.8) is 0 Å². The minimum atomic E-state index is 0.453. The third kappa shape index (κ3) is 3.33. The first-order valence-corrected chi connectivity index (χ1v) is 5.68. The lowest BCUT2D eigenvalue weighted by atomic mass is 10.0. The van der Waals surface area contributed by atoms with E-state index in [-0.39, 0.29) is 0 Å². The largest absolute Gasteiger partial charge is 0.357 e. The summed E-state index contributed by atoms with van der Waals surface area (Å²) in [6.07, 6.45) is 3.56. The van der Waals surface area contributed by atoms with Gasteiger partial charge < -0.3 is 4.90 Å². The van der Waals surface area contributed by atoms with Gasteiger partial charge in [0.2, 0.25) is 0 Å². The van der Waals surface area contributed by atoms with E-state index in [9.17, 15) is 4.79 Å². The van der Waals surface area contributed by atoms with Crippen LogP contribution in [-0.2, 0) is 0 Å². The van der Waals surface area contributed by atoms with Crippen LogP contribution in [0.1, 0.15) is 37.6 Å². The molecular weight excluding hydrogens is 200 g/mol. The molecule has 1 atom stereocenters. The Morgan fingerprint density at radius 2 is 2.06 bits per heavy atom. The quantitative estimate of drug-likeness (QED) is 0.715. The lowest BCUT2D eigenvalue weighted by Crippen LogP contribution is -2.30. The smallest absolute Gasteiger partial charge is 0.151 e. The molecule has 0 radical (unpaired) electrons. The number of anilines is 1. The van der Waals surface area contributed by atoms with Crippen LogP contribution in [0.3, 0.4) is 0 Å². The predicted molar refractivity (Wildman–Crippen MR) is 66.9 cm³/mol. The molecule has 1 aromatic rings. The lowest BCUT2D eigenvalue weighted by Gasteiger charge is -2.27. The highest BCUT2D eigenvalue weighted by molar-refractivity contribution is 5.74. The monoisotopic (exact) mass is 220 g/mol. The van der Waals surface area contributed by atoms with Gasteiger partial charge >= 0.3 is 0 Å². The summed E-state index contributed by atoms with van der Waals surface area (Å²) < 4.78 is 0. The maximum atomic E-state index is 10.5. The molecule has 88 valence electrons. The van der Waals surface area contributed by atoms with Crippen molar-refractivity contribution in [1.82, 2.24) is 4.98 Å². The molecule has 0 bridgehead atoms. The Bertz CT molecular complexity index is 332. The summed E-state index contributed by atoms with van der Waals surface area (Å²) in [5.41, 5.74) is 0.619. The van der Waals surface area contributed by atoms with Gasteiger partial charge in [-0.15, -0.1) is 0 Å². The van der Waals surface area contributed by atoms with E-state index in [0.29, 0.717) is 17.5 Å². The zero-order chi connectivity index (χ0) is 12.1. The van der Waals surface area contributed by atoms with Crippen molar-refractivity contribution in [3.05, 3.63) is 23.9 Å². The highest BCUT2D eigenvalue weighted by Gasteiger charge is 2.12. The Labute approximate surface area is 97.5 Å². The highest BCUT2D eigenvalue weighted by Crippen LogP contribution is 2.16. The van der Waals surface area contributed by atoms with Gasteiger partial charge in [-0.2, -0.15) is 0 Å². The summed E-state index contributed by atoms with van der Waals surface area (Å²) in [5.74, 6) is 1.59. The number of hydrogen-bond acceptors (Lipinski definition) is 3. The zero-order valence-corrected chi connectivity index (χ0v) is 10.5. The van der Waals surface area contributed by atoms with Crippen LogP contribution in [0.15, 0.2) is 18.3 Å². The van der Waals surface area contributed by atoms with Crippen LogP contribution >= 0.6 is 0 Å². The summed E-state index contributed by atoms with van der Waals surface area (Å²) in [5, 5.41) is 0. The third-order valence-electron chi connectivity index (χ3n) is 2.74. The number of pyridine rings is 1. The topological polar surface area (TPSA) is 33.2 Å². The van der Waals surface area contributed by atoms with E-state index < -0.39 is 0 Å². The Morgan fingerprint density at radius 3 is 2.50 bits per heavy atom. The first kappa shape index (κ1) is 12.7. The first-order valence-electron chi connectivity index (χ1n) is 5.68. The van der Waals surface area contributed by atoms with Crippen LogP contribution in [-0.4, -0.2) is 24.4 Å². The van der Waals surface area contributed by atoms with E-state index in [4.69, 9.17) is 0 Å². The van der Waals surface area contributed by atoms with Gasteiger partial charge in [0.15, 0.2) is 6.29 Å². The number of aromatic nitrogens is 1. The van der Waals surface area contributed by atoms with Crippen molar-refractivity contribution in [2.24, 2.45) is 5.92 Å². The second-order valence-electron chi connectivity index (χ2n) is 4.66. The summed E-state index contributed by atoms with van der Waals surface area (Å²) >= 11 is 0. The molecule has 0 aliphatic rings. The van der Waals surface area contributed by atoms with E-state index in [1.54, 1.807) is 12.3 Å². The van der Waals surface area contributed by atoms with Crippen LogP contribution in [0.4, 0.5) is 5.82 Å². The molecule has 3 heteroatoms.